The number of carbonyl (C=O) groups is 1. The van der Waals surface area contributed by atoms with Crippen LogP contribution in [0.25, 0.3) is 10.8 Å². The second-order valence-corrected chi connectivity index (χ2v) is 9.21. The minimum absolute atomic E-state index is 0.194. The normalized spacial score (nSPS) is 16.3. The molecule has 3 aromatic rings. The van der Waals surface area contributed by atoms with Crippen molar-refractivity contribution >= 4 is 22.4 Å². The fraction of sp³-hybridized carbons (Fsp3) is 0.433. The summed E-state index contributed by atoms with van der Waals surface area (Å²) in [4.78, 5) is 14.6. The molecule has 1 N–H and O–H groups in total. The Morgan fingerprint density at radius 1 is 1.06 bits per heavy atom. The molecule has 0 unspecified atom stereocenters. The van der Waals surface area contributed by atoms with E-state index in [1.807, 2.05) is 19.9 Å². The monoisotopic (exact) mass is 490 g/mol. The molecule has 1 aliphatic heterocycles. The van der Waals surface area contributed by atoms with Crippen LogP contribution in [-0.4, -0.2) is 51.5 Å². The molecule has 0 radical (unpaired) electrons. The molecular formula is C30H38N2O4. The summed E-state index contributed by atoms with van der Waals surface area (Å²) in [5, 5.41) is 6.42. The van der Waals surface area contributed by atoms with Crippen molar-refractivity contribution in [2.45, 2.75) is 45.7 Å². The summed E-state index contributed by atoms with van der Waals surface area (Å²) in [5.74, 6) is 0.471. The number of anilines is 1. The number of esters is 1. The maximum absolute atomic E-state index is 12.2. The van der Waals surface area contributed by atoms with E-state index in [1.54, 1.807) is 0 Å². The Kier molecular flexibility index (Phi) is 9.20. The van der Waals surface area contributed by atoms with Crippen molar-refractivity contribution in [3.8, 4) is 5.75 Å². The number of nitrogens with zero attached hydrogens (tertiary/aromatic N) is 1. The zero-order chi connectivity index (χ0) is 25.3. The maximum Gasteiger partial charge on any atom is 0.310 e. The molecule has 0 aromatic heterocycles. The molecule has 0 saturated carbocycles. The molecule has 1 heterocycles. The fourth-order valence-corrected chi connectivity index (χ4v) is 4.97. The van der Waals surface area contributed by atoms with Crippen molar-refractivity contribution < 1.29 is 19.0 Å². The third-order valence-electron chi connectivity index (χ3n) is 6.70. The van der Waals surface area contributed by atoms with Crippen LogP contribution < -0.4 is 15.0 Å². The first-order chi connectivity index (χ1) is 17.6. The summed E-state index contributed by atoms with van der Waals surface area (Å²) < 4.78 is 16.5. The van der Waals surface area contributed by atoms with Gasteiger partial charge in [0.2, 0.25) is 0 Å². The second kappa shape index (κ2) is 12.7. The van der Waals surface area contributed by atoms with Crippen molar-refractivity contribution in [3.05, 3.63) is 71.8 Å². The summed E-state index contributed by atoms with van der Waals surface area (Å²) in [6.07, 6.45) is 1.26. The Morgan fingerprint density at radius 2 is 1.89 bits per heavy atom. The lowest BCUT2D eigenvalue weighted by Crippen LogP contribution is -2.34. The van der Waals surface area contributed by atoms with Crippen LogP contribution in [0.1, 0.15) is 44.4 Å². The van der Waals surface area contributed by atoms with E-state index in [0.717, 1.165) is 30.8 Å². The SMILES string of the molecule is CCOCCOc1ccc(N2CC[C@H](N[C@H](C)c3cccc4ccccc34)C2)cc1CC(=O)OCC. The maximum atomic E-state index is 12.2. The topological polar surface area (TPSA) is 60.0 Å². The number of ether oxygens (including phenoxy) is 3. The largest absolute Gasteiger partial charge is 0.491 e. The number of carbonyl (C=O) groups excluding carboxylic acids is 1. The van der Waals surface area contributed by atoms with Gasteiger partial charge in [0.25, 0.3) is 0 Å². The van der Waals surface area contributed by atoms with E-state index in [2.05, 4.69) is 71.7 Å². The van der Waals surface area contributed by atoms with Crippen LogP contribution >= 0.6 is 0 Å². The molecule has 0 amide bonds. The van der Waals surface area contributed by atoms with Crippen molar-refractivity contribution in [2.24, 2.45) is 0 Å². The van der Waals surface area contributed by atoms with Gasteiger partial charge in [0, 0.05) is 43.0 Å². The lowest BCUT2D eigenvalue weighted by molar-refractivity contribution is -0.142. The Hall–Kier alpha value is -3.09. The highest BCUT2D eigenvalue weighted by Crippen LogP contribution is 2.30. The Morgan fingerprint density at radius 3 is 2.72 bits per heavy atom. The molecule has 2 atom stereocenters. The minimum atomic E-state index is -0.241. The van der Waals surface area contributed by atoms with Gasteiger partial charge in [-0.15, -0.1) is 0 Å². The van der Waals surface area contributed by atoms with Gasteiger partial charge >= 0.3 is 5.97 Å². The van der Waals surface area contributed by atoms with Gasteiger partial charge in [-0.3, -0.25) is 4.79 Å². The van der Waals surface area contributed by atoms with Crippen LogP contribution in [0.4, 0.5) is 5.69 Å². The number of rotatable bonds is 12. The van der Waals surface area contributed by atoms with E-state index < -0.39 is 0 Å². The predicted octanol–water partition coefficient (Wildman–Crippen LogP) is 5.29. The minimum Gasteiger partial charge on any atom is -0.491 e. The molecule has 192 valence electrons. The average Bonchev–Trinajstić information content (AvgIpc) is 3.35. The van der Waals surface area contributed by atoms with Crippen LogP contribution in [0.5, 0.6) is 5.75 Å². The molecule has 1 aliphatic rings. The van der Waals surface area contributed by atoms with Crippen molar-refractivity contribution in [1.82, 2.24) is 5.32 Å². The van der Waals surface area contributed by atoms with Gasteiger partial charge in [0.15, 0.2) is 0 Å². The van der Waals surface area contributed by atoms with E-state index in [4.69, 9.17) is 14.2 Å². The Labute approximate surface area is 214 Å². The first kappa shape index (κ1) is 26.0. The first-order valence-electron chi connectivity index (χ1n) is 13.1. The van der Waals surface area contributed by atoms with Gasteiger partial charge < -0.3 is 24.4 Å². The molecule has 6 heteroatoms. The number of benzene rings is 3. The molecule has 3 aromatic carbocycles. The number of fused-ring (bicyclic) bond motifs is 1. The molecule has 0 spiro atoms. The second-order valence-electron chi connectivity index (χ2n) is 9.21. The number of hydrogen-bond acceptors (Lipinski definition) is 6. The average molecular weight is 491 g/mol. The van der Waals surface area contributed by atoms with Crippen molar-refractivity contribution in [1.29, 1.82) is 0 Å². The smallest absolute Gasteiger partial charge is 0.310 e. The van der Waals surface area contributed by atoms with Gasteiger partial charge in [-0.2, -0.15) is 0 Å². The summed E-state index contributed by atoms with van der Waals surface area (Å²) in [7, 11) is 0. The molecular weight excluding hydrogens is 452 g/mol. The van der Waals surface area contributed by atoms with E-state index >= 15 is 0 Å². The summed E-state index contributed by atoms with van der Waals surface area (Å²) in [6.45, 7) is 9.90. The Balaban J connectivity index is 1.43. The zero-order valence-electron chi connectivity index (χ0n) is 21.7. The summed E-state index contributed by atoms with van der Waals surface area (Å²) >= 11 is 0. The van der Waals surface area contributed by atoms with Gasteiger partial charge in [-0.05, 0) is 61.7 Å². The molecule has 6 nitrogen and oxygen atoms in total. The number of nitrogens with one attached hydrogen (secondary N) is 1. The highest BCUT2D eigenvalue weighted by molar-refractivity contribution is 5.86. The highest BCUT2D eigenvalue weighted by atomic mass is 16.5. The van der Waals surface area contributed by atoms with E-state index in [0.29, 0.717) is 38.2 Å². The Bertz CT molecular complexity index is 1140. The lowest BCUT2D eigenvalue weighted by atomic mass is 9.99. The fourth-order valence-electron chi connectivity index (χ4n) is 4.97. The van der Waals surface area contributed by atoms with Gasteiger partial charge in [0.05, 0.1) is 19.6 Å². The quantitative estimate of drug-likeness (QED) is 0.275. The van der Waals surface area contributed by atoms with Gasteiger partial charge in [-0.25, -0.2) is 0 Å². The molecule has 0 aliphatic carbocycles. The number of hydrogen-bond donors (Lipinski definition) is 1. The third kappa shape index (κ3) is 6.56. The van der Waals surface area contributed by atoms with Crippen molar-refractivity contribution in [3.63, 3.8) is 0 Å². The highest BCUT2D eigenvalue weighted by Gasteiger charge is 2.25. The standard InChI is InChI=1S/C30H38N2O4/c1-4-34-17-18-36-29-14-13-26(19-24(29)20-30(33)35-5-2)32-16-15-25(21-32)31-22(3)27-12-8-10-23-9-6-7-11-28(23)27/h6-14,19,22,25,31H,4-5,15-18,20-21H2,1-3H3/t22-,25+/m1/s1. The van der Waals surface area contributed by atoms with Crippen LogP contribution in [0.15, 0.2) is 60.7 Å². The summed E-state index contributed by atoms with van der Waals surface area (Å²) in [5.41, 5.74) is 3.29. The summed E-state index contributed by atoms with van der Waals surface area (Å²) in [6, 6.07) is 21.8. The van der Waals surface area contributed by atoms with Crippen LogP contribution in [0.3, 0.4) is 0 Å². The van der Waals surface area contributed by atoms with E-state index in [9.17, 15) is 4.79 Å². The molecule has 1 fully saturated rings. The van der Waals surface area contributed by atoms with Crippen molar-refractivity contribution in [2.75, 3.05) is 44.4 Å². The van der Waals surface area contributed by atoms with E-state index in [-0.39, 0.29) is 18.4 Å². The van der Waals surface area contributed by atoms with E-state index in [1.165, 1.54) is 16.3 Å². The van der Waals surface area contributed by atoms with Crippen LogP contribution in [0, 0.1) is 0 Å². The molecule has 1 saturated heterocycles. The zero-order valence-corrected chi connectivity index (χ0v) is 21.7. The molecule has 0 bridgehead atoms. The van der Waals surface area contributed by atoms with Gasteiger partial charge in [-0.1, -0.05) is 42.5 Å². The van der Waals surface area contributed by atoms with Crippen LogP contribution in [0.2, 0.25) is 0 Å². The van der Waals surface area contributed by atoms with Crippen LogP contribution in [-0.2, 0) is 20.7 Å². The lowest BCUT2D eigenvalue weighted by Gasteiger charge is -2.23. The first-order valence-corrected chi connectivity index (χ1v) is 13.1. The molecule has 4 rings (SSSR count). The molecule has 36 heavy (non-hydrogen) atoms. The predicted molar refractivity (Wildman–Crippen MR) is 145 cm³/mol. The van der Waals surface area contributed by atoms with Gasteiger partial charge in [0.1, 0.15) is 12.4 Å². The third-order valence-corrected chi connectivity index (χ3v) is 6.70.